The van der Waals surface area contributed by atoms with Gasteiger partial charge in [0.15, 0.2) is 11.6 Å². The van der Waals surface area contributed by atoms with Crippen LogP contribution >= 0.6 is 0 Å². The SMILES string of the molecule is COc1ccc(-c2oc3ccc(CC(=O)Nc4cc(C5CC5)[nH]n4)cc3c(=O)c2C(N)=O)cc1. The molecule has 1 aliphatic rings. The number of anilines is 1. The van der Waals surface area contributed by atoms with E-state index in [0.29, 0.717) is 28.6 Å². The van der Waals surface area contributed by atoms with Gasteiger partial charge < -0.3 is 20.2 Å². The fourth-order valence-corrected chi connectivity index (χ4v) is 3.90. The molecule has 9 heteroatoms. The second-order valence-electron chi connectivity index (χ2n) is 8.27. The molecule has 0 atom stereocenters. The maximum absolute atomic E-state index is 13.2. The van der Waals surface area contributed by atoms with E-state index < -0.39 is 11.3 Å². The first-order valence-corrected chi connectivity index (χ1v) is 10.8. The van der Waals surface area contributed by atoms with Crippen LogP contribution in [-0.2, 0) is 11.2 Å². The lowest BCUT2D eigenvalue weighted by atomic mass is 10.0. The summed E-state index contributed by atoms with van der Waals surface area (Å²) in [5.74, 6) is 0.502. The van der Waals surface area contributed by atoms with Gasteiger partial charge in [0.2, 0.25) is 11.3 Å². The predicted octanol–water partition coefficient (Wildman–Crippen LogP) is 3.35. The summed E-state index contributed by atoms with van der Waals surface area (Å²) in [6, 6.07) is 13.4. The maximum atomic E-state index is 13.2. The first-order valence-electron chi connectivity index (χ1n) is 10.8. The first kappa shape index (κ1) is 21.4. The average Bonchev–Trinajstić information content (AvgIpc) is 3.58. The smallest absolute Gasteiger partial charge is 0.256 e. The molecule has 0 unspecified atom stereocenters. The van der Waals surface area contributed by atoms with Crippen molar-refractivity contribution in [3.63, 3.8) is 0 Å². The Morgan fingerprint density at radius 1 is 1.18 bits per heavy atom. The normalized spacial score (nSPS) is 13.1. The molecule has 2 aromatic carbocycles. The van der Waals surface area contributed by atoms with Gasteiger partial charge in [-0.25, -0.2) is 0 Å². The van der Waals surface area contributed by atoms with Crippen LogP contribution in [0.25, 0.3) is 22.3 Å². The molecule has 4 aromatic rings. The summed E-state index contributed by atoms with van der Waals surface area (Å²) < 4.78 is 11.1. The largest absolute Gasteiger partial charge is 0.497 e. The molecular formula is C25H22N4O5. The number of amides is 2. The van der Waals surface area contributed by atoms with Gasteiger partial charge in [0.25, 0.3) is 5.91 Å². The zero-order valence-corrected chi connectivity index (χ0v) is 18.4. The lowest BCUT2D eigenvalue weighted by Crippen LogP contribution is -2.23. The van der Waals surface area contributed by atoms with Crippen LogP contribution in [0.1, 0.15) is 40.4 Å². The summed E-state index contributed by atoms with van der Waals surface area (Å²) in [6.07, 6.45) is 2.28. The van der Waals surface area contributed by atoms with Crippen LogP contribution in [0.2, 0.25) is 0 Å². The monoisotopic (exact) mass is 458 g/mol. The highest BCUT2D eigenvalue weighted by atomic mass is 16.5. The molecule has 0 spiro atoms. The second-order valence-corrected chi connectivity index (χ2v) is 8.27. The molecule has 0 radical (unpaired) electrons. The van der Waals surface area contributed by atoms with Gasteiger partial charge in [-0.1, -0.05) is 6.07 Å². The second kappa shape index (κ2) is 8.51. The van der Waals surface area contributed by atoms with Gasteiger partial charge in [-0.15, -0.1) is 0 Å². The van der Waals surface area contributed by atoms with Crippen molar-refractivity contribution in [1.29, 1.82) is 0 Å². The number of hydrogen-bond acceptors (Lipinski definition) is 6. The number of hydrogen-bond donors (Lipinski definition) is 3. The average molecular weight is 458 g/mol. The van der Waals surface area contributed by atoms with E-state index in [-0.39, 0.29) is 34.6 Å². The molecule has 0 bridgehead atoms. The molecular weight excluding hydrogens is 436 g/mol. The number of aromatic nitrogens is 2. The number of H-pyrrole nitrogens is 1. The third-order valence-electron chi connectivity index (χ3n) is 5.80. The molecule has 9 nitrogen and oxygen atoms in total. The number of carbonyl (C=O) groups excluding carboxylic acids is 2. The maximum Gasteiger partial charge on any atom is 0.256 e. The van der Waals surface area contributed by atoms with Crippen molar-refractivity contribution < 1.29 is 18.7 Å². The van der Waals surface area contributed by atoms with Crippen LogP contribution in [0.15, 0.2) is 57.7 Å². The summed E-state index contributed by atoms with van der Waals surface area (Å²) in [7, 11) is 1.54. The van der Waals surface area contributed by atoms with Crippen molar-refractivity contribution in [3.05, 3.63) is 75.6 Å². The van der Waals surface area contributed by atoms with Crippen LogP contribution in [-0.4, -0.2) is 29.1 Å². The lowest BCUT2D eigenvalue weighted by Gasteiger charge is -2.10. The number of nitrogens with two attached hydrogens (primary N) is 1. The zero-order chi connectivity index (χ0) is 23.8. The van der Waals surface area contributed by atoms with E-state index >= 15 is 0 Å². The standard InChI is InChI=1S/C25H22N4O5/c1-33-16-7-5-15(6-8-16)24-22(25(26)32)23(31)17-10-13(2-9-19(17)34-24)11-21(30)27-20-12-18(28-29-20)14-3-4-14/h2,5-10,12,14H,3-4,11H2,1H3,(H2,26,32)(H2,27,28,29,30). The van der Waals surface area contributed by atoms with Gasteiger partial charge in [0.1, 0.15) is 16.9 Å². The highest BCUT2D eigenvalue weighted by Gasteiger charge is 2.26. The van der Waals surface area contributed by atoms with Gasteiger partial charge >= 0.3 is 0 Å². The Balaban J connectivity index is 1.44. The number of primary amides is 1. The highest BCUT2D eigenvalue weighted by molar-refractivity contribution is 6.01. The van der Waals surface area contributed by atoms with E-state index in [9.17, 15) is 14.4 Å². The highest BCUT2D eigenvalue weighted by Crippen LogP contribution is 2.39. The van der Waals surface area contributed by atoms with Crippen LogP contribution < -0.4 is 21.2 Å². The van der Waals surface area contributed by atoms with Gasteiger partial charge in [0.05, 0.1) is 18.9 Å². The summed E-state index contributed by atoms with van der Waals surface area (Å²) in [4.78, 5) is 37.9. The van der Waals surface area contributed by atoms with Crippen molar-refractivity contribution in [2.75, 3.05) is 12.4 Å². The fourth-order valence-electron chi connectivity index (χ4n) is 3.90. The van der Waals surface area contributed by atoms with Gasteiger partial charge in [-0.2, -0.15) is 5.10 Å². The van der Waals surface area contributed by atoms with Crippen molar-refractivity contribution in [3.8, 4) is 17.1 Å². The molecule has 172 valence electrons. The number of carbonyl (C=O) groups is 2. The number of methoxy groups -OCH3 is 1. The van der Waals surface area contributed by atoms with Gasteiger partial charge in [-0.05, 0) is 54.8 Å². The molecule has 1 aliphatic carbocycles. The number of benzene rings is 2. The van der Waals surface area contributed by atoms with Crippen LogP contribution in [0.4, 0.5) is 5.82 Å². The summed E-state index contributed by atoms with van der Waals surface area (Å²) >= 11 is 0. The van der Waals surface area contributed by atoms with Crippen LogP contribution in [0, 0.1) is 0 Å². The van der Waals surface area contributed by atoms with E-state index in [4.69, 9.17) is 14.9 Å². The molecule has 34 heavy (non-hydrogen) atoms. The van der Waals surface area contributed by atoms with Crippen molar-refractivity contribution in [2.45, 2.75) is 25.2 Å². The third kappa shape index (κ3) is 4.15. The topological polar surface area (TPSA) is 140 Å². The number of aromatic amines is 1. The molecule has 0 aliphatic heterocycles. The molecule has 4 N–H and O–H groups in total. The molecule has 2 heterocycles. The predicted molar refractivity (Wildman–Crippen MR) is 126 cm³/mol. The van der Waals surface area contributed by atoms with Gasteiger partial charge in [0, 0.05) is 23.2 Å². The molecule has 1 saturated carbocycles. The minimum atomic E-state index is -0.894. The Morgan fingerprint density at radius 3 is 2.62 bits per heavy atom. The minimum Gasteiger partial charge on any atom is -0.497 e. The van der Waals surface area contributed by atoms with E-state index in [1.807, 2.05) is 6.07 Å². The number of rotatable bonds is 7. The third-order valence-corrected chi connectivity index (χ3v) is 5.80. The Hall–Kier alpha value is -4.40. The lowest BCUT2D eigenvalue weighted by molar-refractivity contribution is -0.115. The van der Waals surface area contributed by atoms with Crippen LogP contribution in [0.3, 0.4) is 0 Å². The molecule has 2 aromatic heterocycles. The molecule has 5 rings (SSSR count). The Bertz CT molecular complexity index is 1470. The Labute approximate surface area is 193 Å². The Morgan fingerprint density at radius 2 is 1.94 bits per heavy atom. The summed E-state index contributed by atoms with van der Waals surface area (Å²) in [5.41, 5.74) is 7.14. The number of fused-ring (bicyclic) bond motifs is 1. The number of ether oxygens (including phenoxy) is 1. The summed E-state index contributed by atoms with van der Waals surface area (Å²) in [5, 5.41) is 10.00. The van der Waals surface area contributed by atoms with E-state index in [2.05, 4.69) is 15.5 Å². The minimum absolute atomic E-state index is 0.0210. The van der Waals surface area contributed by atoms with E-state index in [0.717, 1.165) is 18.5 Å². The fraction of sp³-hybridized carbons (Fsp3) is 0.200. The first-order chi connectivity index (χ1) is 16.4. The molecule has 1 fully saturated rings. The number of nitrogens with zero attached hydrogens (tertiary/aromatic N) is 1. The van der Waals surface area contributed by atoms with Crippen LogP contribution in [0.5, 0.6) is 5.75 Å². The van der Waals surface area contributed by atoms with Crippen molar-refractivity contribution in [1.82, 2.24) is 10.2 Å². The Kier molecular flexibility index (Phi) is 5.37. The summed E-state index contributed by atoms with van der Waals surface area (Å²) in [6.45, 7) is 0. The van der Waals surface area contributed by atoms with E-state index in [1.165, 1.54) is 7.11 Å². The molecule has 2 amide bonds. The molecule has 0 saturated heterocycles. The quantitative estimate of drug-likeness (QED) is 0.388. The van der Waals surface area contributed by atoms with Crippen molar-refractivity contribution >= 4 is 28.6 Å². The number of nitrogens with one attached hydrogen (secondary N) is 2. The van der Waals surface area contributed by atoms with E-state index in [1.54, 1.807) is 42.5 Å². The van der Waals surface area contributed by atoms with Gasteiger partial charge in [-0.3, -0.25) is 19.5 Å². The zero-order valence-electron chi connectivity index (χ0n) is 18.4. The van der Waals surface area contributed by atoms with Crippen molar-refractivity contribution in [2.24, 2.45) is 5.73 Å².